The Morgan fingerprint density at radius 3 is 2.28 bits per heavy atom. The number of carbonyl (C=O) groups excluding carboxylic acids is 4. The molecular formula is C23H27ClN4O4. The second-order valence-electron chi connectivity index (χ2n) is 10.1. The SMILES string of the molecule is CC1(c2ccccc2Cl)NC(=O)N(CC(=O)NC(=O)NC23CC4CC(CC(C4)C2)C3)C1=O. The van der Waals surface area contributed by atoms with Gasteiger partial charge in [0.05, 0.1) is 0 Å². The van der Waals surface area contributed by atoms with Gasteiger partial charge in [-0.1, -0.05) is 29.8 Å². The van der Waals surface area contributed by atoms with E-state index in [1.54, 1.807) is 31.2 Å². The third-order valence-corrected chi connectivity index (χ3v) is 7.99. The minimum Gasteiger partial charge on any atom is -0.332 e. The summed E-state index contributed by atoms with van der Waals surface area (Å²) in [4.78, 5) is 51.4. The Kier molecular flexibility index (Phi) is 4.96. The topological polar surface area (TPSA) is 108 Å². The molecule has 0 radical (unpaired) electrons. The summed E-state index contributed by atoms with van der Waals surface area (Å²) in [6.45, 7) is 1.01. The molecule has 4 aliphatic carbocycles. The summed E-state index contributed by atoms with van der Waals surface area (Å²) in [5, 5.41) is 8.33. The number of imide groups is 2. The van der Waals surface area contributed by atoms with E-state index in [4.69, 9.17) is 11.6 Å². The quantitative estimate of drug-likeness (QED) is 0.603. The lowest BCUT2D eigenvalue weighted by atomic mass is 9.53. The lowest BCUT2D eigenvalue weighted by molar-refractivity contribution is -0.134. The summed E-state index contributed by atoms with van der Waals surface area (Å²) in [5.41, 5.74) is -1.16. The molecule has 6 amide bonds. The van der Waals surface area contributed by atoms with E-state index in [2.05, 4.69) is 16.0 Å². The van der Waals surface area contributed by atoms with Crippen molar-refractivity contribution in [3.8, 4) is 0 Å². The zero-order valence-corrected chi connectivity index (χ0v) is 18.7. The lowest BCUT2D eigenvalue weighted by Crippen LogP contribution is -2.62. The number of rotatable bonds is 4. The first-order valence-electron chi connectivity index (χ1n) is 11.2. The number of nitrogens with one attached hydrogen (secondary N) is 3. The van der Waals surface area contributed by atoms with Gasteiger partial charge in [-0.15, -0.1) is 0 Å². The van der Waals surface area contributed by atoms with Crippen molar-refractivity contribution in [1.29, 1.82) is 0 Å². The van der Waals surface area contributed by atoms with Gasteiger partial charge in [-0.2, -0.15) is 0 Å². The number of amides is 6. The predicted molar refractivity (Wildman–Crippen MR) is 117 cm³/mol. The Bertz CT molecular complexity index is 976. The van der Waals surface area contributed by atoms with Gasteiger partial charge in [0.1, 0.15) is 12.1 Å². The fourth-order valence-electron chi connectivity index (χ4n) is 6.74. The fourth-order valence-corrected chi connectivity index (χ4v) is 7.06. The summed E-state index contributed by atoms with van der Waals surface area (Å²) in [5.74, 6) is 0.674. The van der Waals surface area contributed by atoms with Crippen molar-refractivity contribution in [3.05, 3.63) is 34.9 Å². The van der Waals surface area contributed by atoms with Gasteiger partial charge in [-0.25, -0.2) is 9.59 Å². The summed E-state index contributed by atoms with van der Waals surface area (Å²) in [6, 6.07) is 5.47. The van der Waals surface area contributed by atoms with Crippen LogP contribution in [-0.2, 0) is 15.1 Å². The summed E-state index contributed by atoms with van der Waals surface area (Å²) in [7, 11) is 0. The molecule has 8 nitrogen and oxygen atoms in total. The zero-order valence-electron chi connectivity index (χ0n) is 17.9. The minimum absolute atomic E-state index is 0.234. The van der Waals surface area contributed by atoms with Crippen molar-refractivity contribution in [1.82, 2.24) is 20.9 Å². The predicted octanol–water partition coefficient (Wildman–Crippen LogP) is 2.90. The number of halogens is 1. The summed E-state index contributed by atoms with van der Waals surface area (Å²) < 4.78 is 0. The van der Waals surface area contributed by atoms with Crippen LogP contribution in [0.4, 0.5) is 9.59 Å². The third kappa shape index (κ3) is 3.54. The number of benzene rings is 1. The molecule has 1 saturated heterocycles. The maximum Gasteiger partial charge on any atom is 0.325 e. The highest BCUT2D eigenvalue weighted by Gasteiger charge is 2.52. The van der Waals surface area contributed by atoms with Crippen molar-refractivity contribution >= 4 is 35.5 Å². The van der Waals surface area contributed by atoms with E-state index in [9.17, 15) is 19.2 Å². The molecule has 1 heterocycles. The Morgan fingerprint density at radius 2 is 1.69 bits per heavy atom. The van der Waals surface area contributed by atoms with E-state index in [1.807, 2.05) is 0 Å². The van der Waals surface area contributed by atoms with E-state index >= 15 is 0 Å². The second-order valence-corrected chi connectivity index (χ2v) is 10.5. The van der Waals surface area contributed by atoms with Gasteiger partial charge in [0, 0.05) is 16.1 Å². The number of hydrogen-bond acceptors (Lipinski definition) is 4. The molecule has 1 atom stereocenters. The van der Waals surface area contributed by atoms with Crippen LogP contribution >= 0.6 is 11.6 Å². The largest absolute Gasteiger partial charge is 0.332 e. The molecular weight excluding hydrogens is 432 g/mol. The average molecular weight is 459 g/mol. The van der Waals surface area contributed by atoms with Crippen LogP contribution in [0.1, 0.15) is 51.0 Å². The maximum atomic E-state index is 13.0. The molecule has 5 aliphatic rings. The van der Waals surface area contributed by atoms with Crippen LogP contribution in [0.25, 0.3) is 0 Å². The van der Waals surface area contributed by atoms with Gasteiger partial charge in [-0.3, -0.25) is 19.8 Å². The first-order chi connectivity index (χ1) is 15.2. The normalized spacial score (nSPS) is 35.1. The average Bonchev–Trinajstić information content (AvgIpc) is 2.90. The molecule has 3 N–H and O–H groups in total. The Morgan fingerprint density at radius 1 is 1.09 bits per heavy atom. The van der Waals surface area contributed by atoms with Crippen molar-refractivity contribution in [2.75, 3.05) is 6.54 Å². The number of nitrogens with zero attached hydrogens (tertiary/aromatic N) is 1. The molecule has 4 saturated carbocycles. The molecule has 1 aliphatic heterocycles. The molecule has 1 unspecified atom stereocenters. The van der Waals surface area contributed by atoms with Crippen molar-refractivity contribution in [2.24, 2.45) is 17.8 Å². The van der Waals surface area contributed by atoms with Crippen LogP contribution in [0.3, 0.4) is 0 Å². The molecule has 0 aromatic heterocycles. The van der Waals surface area contributed by atoms with Gasteiger partial charge >= 0.3 is 12.1 Å². The number of carbonyl (C=O) groups is 4. The Hall–Kier alpha value is -2.61. The van der Waals surface area contributed by atoms with Crippen molar-refractivity contribution in [2.45, 2.75) is 56.5 Å². The third-order valence-electron chi connectivity index (χ3n) is 7.66. The molecule has 9 heteroatoms. The standard InChI is InChI=1S/C23H27ClN4O4/c1-22(16-4-2-3-5-17(16)24)19(30)28(21(32)27-22)12-18(29)25-20(31)26-23-9-13-6-14(10-23)8-15(7-13)11-23/h2-5,13-15H,6-12H2,1H3,(H,27,32)(H2,25,26,29,31). The molecule has 1 aromatic carbocycles. The minimum atomic E-state index is -1.38. The van der Waals surface area contributed by atoms with Crippen LogP contribution < -0.4 is 16.0 Å². The number of hydrogen-bond donors (Lipinski definition) is 3. The summed E-state index contributed by atoms with van der Waals surface area (Å²) in [6.07, 6.45) is 6.63. The van der Waals surface area contributed by atoms with Crippen LogP contribution in [-0.4, -0.2) is 40.9 Å². The fraction of sp³-hybridized carbons (Fsp3) is 0.565. The van der Waals surface area contributed by atoms with Gasteiger partial charge in [0.15, 0.2) is 0 Å². The van der Waals surface area contributed by atoms with Gasteiger partial charge in [-0.05, 0) is 69.3 Å². The first-order valence-corrected chi connectivity index (χ1v) is 11.6. The molecule has 1 aromatic rings. The van der Waals surface area contributed by atoms with Crippen LogP contribution in [0.2, 0.25) is 5.02 Å². The van der Waals surface area contributed by atoms with E-state index in [0.717, 1.165) is 24.2 Å². The van der Waals surface area contributed by atoms with E-state index in [-0.39, 0.29) is 5.54 Å². The Labute approximate surface area is 191 Å². The van der Waals surface area contributed by atoms with Crippen LogP contribution in [0.5, 0.6) is 0 Å². The maximum absolute atomic E-state index is 13.0. The van der Waals surface area contributed by atoms with Gasteiger partial charge in [0.2, 0.25) is 5.91 Å². The summed E-state index contributed by atoms with van der Waals surface area (Å²) >= 11 is 6.22. The molecule has 4 bridgehead atoms. The van der Waals surface area contributed by atoms with E-state index in [1.165, 1.54) is 19.3 Å². The van der Waals surface area contributed by atoms with E-state index < -0.39 is 36.0 Å². The first kappa shape index (κ1) is 21.2. The highest BCUT2D eigenvalue weighted by Crippen LogP contribution is 2.55. The molecule has 0 spiro atoms. The molecule has 5 fully saturated rings. The second kappa shape index (κ2) is 7.47. The molecule has 32 heavy (non-hydrogen) atoms. The highest BCUT2D eigenvalue weighted by atomic mass is 35.5. The lowest BCUT2D eigenvalue weighted by Gasteiger charge is -2.56. The number of urea groups is 2. The van der Waals surface area contributed by atoms with Crippen molar-refractivity contribution in [3.63, 3.8) is 0 Å². The molecule has 170 valence electrons. The van der Waals surface area contributed by atoms with Gasteiger partial charge < -0.3 is 10.6 Å². The van der Waals surface area contributed by atoms with Crippen molar-refractivity contribution < 1.29 is 19.2 Å². The zero-order chi connectivity index (χ0) is 22.7. The monoisotopic (exact) mass is 458 g/mol. The van der Waals surface area contributed by atoms with Crippen LogP contribution in [0.15, 0.2) is 24.3 Å². The van der Waals surface area contributed by atoms with Gasteiger partial charge in [0.25, 0.3) is 5.91 Å². The molecule has 6 rings (SSSR count). The van der Waals surface area contributed by atoms with E-state index in [0.29, 0.717) is 28.3 Å². The highest BCUT2D eigenvalue weighted by molar-refractivity contribution is 6.32. The smallest absolute Gasteiger partial charge is 0.325 e. The Balaban J connectivity index is 1.22. The van der Waals surface area contributed by atoms with Crippen LogP contribution in [0, 0.1) is 17.8 Å².